The molecular formula is C16H21NO3. The maximum Gasteiger partial charge on any atom is 0.310 e. The minimum Gasteiger partial charge on any atom is -0.462 e. The van der Waals surface area contributed by atoms with Gasteiger partial charge in [0.1, 0.15) is 6.10 Å². The lowest BCUT2D eigenvalue weighted by molar-refractivity contribution is -0.269. The number of fused-ring (bicyclic) bond motifs is 4. The number of nitrogens with zero attached hydrogens (tertiary/aromatic N) is 1. The molecule has 0 aromatic heterocycles. The van der Waals surface area contributed by atoms with E-state index in [1.54, 1.807) is 0 Å². The Kier molecular flexibility index (Phi) is 1.63. The number of piperidine rings is 2. The van der Waals surface area contributed by atoms with Crippen molar-refractivity contribution in [2.45, 2.75) is 56.5 Å². The van der Waals surface area contributed by atoms with Crippen LogP contribution in [0.15, 0.2) is 0 Å². The standard InChI is InChI=1S/C16H21NO3/c1-8-6-15-9-3-2-4-17(15)7-12-13(19-12)16(8,15)10-5-11(9)20-14(10)18/h8-13H,2-7H2,1H3/t8?,9-,10-,11-,12-,13-,15+,16+/m1/s1. The van der Waals surface area contributed by atoms with Crippen molar-refractivity contribution in [1.82, 2.24) is 4.90 Å². The molecule has 0 radical (unpaired) electrons. The zero-order chi connectivity index (χ0) is 13.3. The fourth-order valence-electron chi connectivity index (χ4n) is 7.44. The molecule has 4 heterocycles. The van der Waals surface area contributed by atoms with Gasteiger partial charge in [-0.15, -0.1) is 0 Å². The highest BCUT2D eigenvalue weighted by Gasteiger charge is 2.86. The van der Waals surface area contributed by atoms with Crippen LogP contribution in [0.4, 0.5) is 0 Å². The van der Waals surface area contributed by atoms with Crippen molar-refractivity contribution in [2.75, 3.05) is 13.1 Å². The normalized spacial score (nSPS) is 65.5. The van der Waals surface area contributed by atoms with Crippen LogP contribution in [-0.2, 0) is 14.3 Å². The number of carbonyl (C=O) groups is 1. The Bertz CT molecular complexity index is 536. The summed E-state index contributed by atoms with van der Waals surface area (Å²) in [7, 11) is 0. The molecule has 0 N–H and O–H groups in total. The van der Waals surface area contributed by atoms with Gasteiger partial charge in [-0.25, -0.2) is 0 Å². The molecule has 6 rings (SSSR count). The first kappa shape index (κ1) is 11.0. The topological polar surface area (TPSA) is 42.1 Å². The fraction of sp³-hybridized carbons (Fsp3) is 0.938. The molecule has 108 valence electrons. The number of rotatable bonds is 0. The number of epoxide rings is 1. The van der Waals surface area contributed by atoms with E-state index in [0.717, 1.165) is 13.0 Å². The summed E-state index contributed by atoms with van der Waals surface area (Å²) >= 11 is 0. The van der Waals surface area contributed by atoms with Gasteiger partial charge in [0.05, 0.1) is 18.1 Å². The highest BCUT2D eigenvalue weighted by molar-refractivity contribution is 5.78. The van der Waals surface area contributed by atoms with E-state index in [9.17, 15) is 4.79 Å². The second-order valence-corrected chi connectivity index (χ2v) is 8.02. The summed E-state index contributed by atoms with van der Waals surface area (Å²) in [5, 5.41) is 0. The first-order chi connectivity index (χ1) is 9.69. The molecule has 1 spiro atoms. The summed E-state index contributed by atoms with van der Waals surface area (Å²) in [4.78, 5) is 15.2. The van der Waals surface area contributed by atoms with Crippen molar-refractivity contribution >= 4 is 5.97 Å². The first-order valence-electron chi connectivity index (χ1n) is 8.30. The fourth-order valence-corrected chi connectivity index (χ4v) is 7.44. The Hall–Kier alpha value is -0.610. The zero-order valence-corrected chi connectivity index (χ0v) is 11.9. The van der Waals surface area contributed by atoms with Crippen LogP contribution in [0, 0.1) is 23.2 Å². The van der Waals surface area contributed by atoms with Gasteiger partial charge in [0.2, 0.25) is 0 Å². The average Bonchev–Trinajstić information content (AvgIpc) is 3.08. The van der Waals surface area contributed by atoms with E-state index in [1.807, 2.05) is 0 Å². The lowest BCUT2D eigenvalue weighted by Gasteiger charge is -2.75. The quantitative estimate of drug-likeness (QED) is 0.492. The Morgan fingerprint density at radius 1 is 1.35 bits per heavy atom. The van der Waals surface area contributed by atoms with E-state index in [-0.39, 0.29) is 28.9 Å². The molecule has 0 aromatic rings. The van der Waals surface area contributed by atoms with Gasteiger partial charge in [0.25, 0.3) is 0 Å². The van der Waals surface area contributed by atoms with E-state index >= 15 is 0 Å². The summed E-state index contributed by atoms with van der Waals surface area (Å²) in [6.45, 7) is 4.65. The number of ether oxygens (including phenoxy) is 2. The summed E-state index contributed by atoms with van der Waals surface area (Å²) in [5.74, 6) is 1.38. The summed E-state index contributed by atoms with van der Waals surface area (Å²) in [6.07, 6.45) is 5.67. The highest BCUT2D eigenvalue weighted by Crippen LogP contribution is 2.78. The largest absolute Gasteiger partial charge is 0.462 e. The van der Waals surface area contributed by atoms with Crippen LogP contribution in [0.2, 0.25) is 0 Å². The van der Waals surface area contributed by atoms with Crippen LogP contribution in [-0.4, -0.2) is 47.8 Å². The van der Waals surface area contributed by atoms with Crippen molar-refractivity contribution in [2.24, 2.45) is 23.2 Å². The molecule has 20 heavy (non-hydrogen) atoms. The van der Waals surface area contributed by atoms with E-state index in [2.05, 4.69) is 11.8 Å². The number of hydrogen-bond acceptors (Lipinski definition) is 4. The molecule has 0 amide bonds. The molecule has 4 heteroatoms. The van der Waals surface area contributed by atoms with Crippen LogP contribution >= 0.6 is 0 Å². The van der Waals surface area contributed by atoms with Gasteiger partial charge in [-0.2, -0.15) is 0 Å². The lowest BCUT2D eigenvalue weighted by atomic mass is 9.34. The van der Waals surface area contributed by atoms with Gasteiger partial charge >= 0.3 is 5.97 Å². The minimum absolute atomic E-state index is 0.0884. The third-order valence-corrected chi connectivity index (χ3v) is 7.80. The smallest absolute Gasteiger partial charge is 0.310 e. The predicted octanol–water partition coefficient (Wildman–Crippen LogP) is 1.19. The summed E-state index contributed by atoms with van der Waals surface area (Å²) < 4.78 is 11.9. The molecule has 0 aromatic carbocycles. The Morgan fingerprint density at radius 2 is 2.25 bits per heavy atom. The van der Waals surface area contributed by atoms with Crippen molar-refractivity contribution in [3.05, 3.63) is 0 Å². The van der Waals surface area contributed by atoms with Crippen molar-refractivity contribution < 1.29 is 14.3 Å². The zero-order valence-electron chi connectivity index (χ0n) is 11.9. The van der Waals surface area contributed by atoms with Crippen LogP contribution in [0.1, 0.15) is 32.6 Å². The van der Waals surface area contributed by atoms with E-state index in [1.165, 1.54) is 25.8 Å². The number of esters is 1. The molecular weight excluding hydrogens is 254 g/mol. The van der Waals surface area contributed by atoms with Gasteiger partial charge in [-0.1, -0.05) is 6.92 Å². The van der Waals surface area contributed by atoms with E-state index in [4.69, 9.17) is 9.47 Å². The van der Waals surface area contributed by atoms with Crippen molar-refractivity contribution in [3.63, 3.8) is 0 Å². The molecule has 2 saturated carbocycles. The van der Waals surface area contributed by atoms with Gasteiger partial charge in [-0.05, 0) is 38.1 Å². The second kappa shape index (κ2) is 2.95. The van der Waals surface area contributed by atoms with Gasteiger partial charge < -0.3 is 9.47 Å². The molecule has 6 aliphatic rings. The Morgan fingerprint density at radius 3 is 3.10 bits per heavy atom. The molecule has 4 saturated heterocycles. The van der Waals surface area contributed by atoms with Crippen molar-refractivity contribution in [1.29, 1.82) is 0 Å². The molecule has 1 unspecified atom stereocenters. The average molecular weight is 275 g/mol. The van der Waals surface area contributed by atoms with E-state index in [0.29, 0.717) is 24.0 Å². The van der Waals surface area contributed by atoms with Gasteiger partial charge in [-0.3, -0.25) is 9.69 Å². The Labute approximate surface area is 118 Å². The van der Waals surface area contributed by atoms with Crippen LogP contribution in [0.25, 0.3) is 0 Å². The third-order valence-electron chi connectivity index (χ3n) is 7.80. The maximum atomic E-state index is 12.5. The third kappa shape index (κ3) is 0.822. The monoisotopic (exact) mass is 275 g/mol. The van der Waals surface area contributed by atoms with E-state index < -0.39 is 0 Å². The first-order valence-corrected chi connectivity index (χ1v) is 8.30. The van der Waals surface area contributed by atoms with Crippen molar-refractivity contribution in [3.8, 4) is 0 Å². The lowest BCUT2D eigenvalue weighted by Crippen LogP contribution is -2.84. The van der Waals surface area contributed by atoms with Gasteiger partial charge in [0.15, 0.2) is 0 Å². The number of hydrogen-bond donors (Lipinski definition) is 0. The molecule has 2 bridgehead atoms. The van der Waals surface area contributed by atoms with Crippen LogP contribution in [0.3, 0.4) is 0 Å². The molecule has 2 aliphatic carbocycles. The second-order valence-electron chi connectivity index (χ2n) is 8.02. The molecule has 4 aliphatic heterocycles. The van der Waals surface area contributed by atoms with Crippen LogP contribution in [0.5, 0.6) is 0 Å². The number of carbonyl (C=O) groups excluding carboxylic acids is 1. The summed E-state index contributed by atoms with van der Waals surface area (Å²) in [5.41, 5.74) is 0.327. The highest BCUT2D eigenvalue weighted by atomic mass is 16.6. The minimum atomic E-state index is 0.0884. The van der Waals surface area contributed by atoms with Gasteiger partial charge in [0, 0.05) is 23.4 Å². The molecule has 6 fully saturated rings. The van der Waals surface area contributed by atoms with Crippen LogP contribution < -0.4 is 0 Å². The summed E-state index contributed by atoms with van der Waals surface area (Å²) in [6, 6.07) is 0. The SMILES string of the molecule is CC1C[C@@]23[C@@H]4CCCN2C[C@H]2O[C@H]2[C@@]13[C@@H]1C[C@H]4OC1=O. The Balaban J connectivity index is 1.63. The molecule has 8 atom stereocenters. The predicted molar refractivity (Wildman–Crippen MR) is 69.9 cm³/mol. The molecule has 4 nitrogen and oxygen atoms in total. The maximum absolute atomic E-state index is 12.5.